The van der Waals surface area contributed by atoms with Crippen LogP contribution >= 0.6 is 0 Å². The molecular formula is C20H31N3. The normalized spacial score (nSPS) is 32.3. The molecule has 0 bridgehead atoms. The number of hydrogen-bond acceptors (Lipinski definition) is 3. The molecule has 3 aliphatic rings. The number of aromatic nitrogens is 1. The van der Waals surface area contributed by atoms with Gasteiger partial charge in [-0.15, -0.1) is 0 Å². The van der Waals surface area contributed by atoms with Gasteiger partial charge in [0.15, 0.2) is 0 Å². The lowest BCUT2D eigenvalue weighted by Gasteiger charge is -2.35. The molecule has 1 aromatic rings. The molecule has 0 amide bonds. The van der Waals surface area contributed by atoms with Crippen molar-refractivity contribution in [2.75, 3.05) is 32.7 Å². The summed E-state index contributed by atoms with van der Waals surface area (Å²) in [4.78, 5) is 10.1. The van der Waals surface area contributed by atoms with Crippen LogP contribution in [-0.4, -0.2) is 47.5 Å². The van der Waals surface area contributed by atoms with E-state index in [1.807, 2.05) is 0 Å². The second-order valence-electron chi connectivity index (χ2n) is 8.09. The number of likely N-dealkylation sites (tertiary alicyclic amines) is 2. The lowest BCUT2D eigenvalue weighted by Crippen LogP contribution is -2.36. The van der Waals surface area contributed by atoms with Crippen LogP contribution in [0.3, 0.4) is 0 Å². The zero-order chi connectivity index (χ0) is 15.6. The molecule has 3 heterocycles. The van der Waals surface area contributed by atoms with Crippen molar-refractivity contribution < 1.29 is 0 Å². The summed E-state index contributed by atoms with van der Waals surface area (Å²) in [6.07, 6.45) is 7.22. The Hall–Kier alpha value is -0.930. The van der Waals surface area contributed by atoms with Gasteiger partial charge in [-0.05, 0) is 75.6 Å². The Morgan fingerprint density at radius 3 is 2.74 bits per heavy atom. The van der Waals surface area contributed by atoms with Gasteiger partial charge < -0.3 is 4.90 Å². The maximum Gasteiger partial charge on any atom is 0.0547 e. The van der Waals surface area contributed by atoms with E-state index in [1.54, 1.807) is 0 Å². The molecule has 3 heteroatoms. The average Bonchev–Trinajstić information content (AvgIpc) is 3.17. The zero-order valence-corrected chi connectivity index (χ0v) is 14.6. The number of pyridine rings is 1. The fourth-order valence-electron chi connectivity index (χ4n) is 5.25. The molecule has 2 saturated heterocycles. The van der Waals surface area contributed by atoms with Crippen molar-refractivity contribution in [3.8, 4) is 0 Å². The third kappa shape index (κ3) is 3.61. The fourth-order valence-corrected chi connectivity index (χ4v) is 5.25. The van der Waals surface area contributed by atoms with Crippen molar-refractivity contribution in [3.05, 3.63) is 29.6 Å². The van der Waals surface area contributed by atoms with Crippen LogP contribution in [-0.2, 0) is 6.54 Å². The van der Waals surface area contributed by atoms with Crippen molar-refractivity contribution in [2.45, 2.75) is 45.6 Å². The second-order valence-corrected chi connectivity index (χ2v) is 8.09. The van der Waals surface area contributed by atoms with Crippen molar-refractivity contribution in [1.82, 2.24) is 14.8 Å². The van der Waals surface area contributed by atoms with Crippen molar-refractivity contribution in [1.29, 1.82) is 0 Å². The van der Waals surface area contributed by atoms with Crippen LogP contribution in [0.5, 0.6) is 0 Å². The minimum absolute atomic E-state index is 0.939. The van der Waals surface area contributed by atoms with E-state index in [4.69, 9.17) is 4.98 Å². The predicted molar refractivity (Wildman–Crippen MR) is 94.2 cm³/mol. The number of rotatable bonds is 4. The third-order valence-electron chi connectivity index (χ3n) is 6.35. The maximum absolute atomic E-state index is 4.71. The standard InChI is InChI=1S/C20H31N3/c1-16-6-4-9-19(21-16)14-23-13-18-8-5-7-17(20(18)15-23)12-22-10-2-3-11-22/h4,6,9,17-18,20H,2-3,5,7-8,10-15H2,1H3/t17-,18+,20+/m1/s1. The molecule has 0 unspecified atom stereocenters. The van der Waals surface area contributed by atoms with Gasteiger partial charge in [0, 0.05) is 31.9 Å². The van der Waals surface area contributed by atoms with E-state index in [1.165, 1.54) is 70.5 Å². The molecule has 0 spiro atoms. The van der Waals surface area contributed by atoms with Crippen LogP contribution in [0.2, 0.25) is 0 Å². The van der Waals surface area contributed by atoms with E-state index in [9.17, 15) is 0 Å². The van der Waals surface area contributed by atoms with E-state index in [0.717, 1.165) is 30.0 Å². The van der Waals surface area contributed by atoms with Gasteiger partial charge >= 0.3 is 0 Å². The first-order valence-corrected chi connectivity index (χ1v) is 9.65. The number of aryl methyl sites for hydroxylation is 1. The van der Waals surface area contributed by atoms with E-state index in [0.29, 0.717) is 0 Å². The summed E-state index contributed by atoms with van der Waals surface area (Å²) >= 11 is 0. The molecule has 0 N–H and O–H groups in total. The van der Waals surface area contributed by atoms with Gasteiger partial charge in [0.05, 0.1) is 5.69 Å². The third-order valence-corrected chi connectivity index (χ3v) is 6.35. The van der Waals surface area contributed by atoms with Crippen LogP contribution in [0.4, 0.5) is 0 Å². The summed E-state index contributed by atoms with van der Waals surface area (Å²) in [6.45, 7) is 9.83. The summed E-state index contributed by atoms with van der Waals surface area (Å²) in [6, 6.07) is 6.44. The Morgan fingerprint density at radius 1 is 1.04 bits per heavy atom. The van der Waals surface area contributed by atoms with Crippen LogP contribution in [0, 0.1) is 24.7 Å². The van der Waals surface area contributed by atoms with Crippen LogP contribution in [0.15, 0.2) is 18.2 Å². The summed E-state index contributed by atoms with van der Waals surface area (Å²) < 4.78 is 0. The Balaban J connectivity index is 1.38. The Kier molecular flexibility index (Phi) is 4.68. The SMILES string of the molecule is Cc1cccc(CN2C[C@@H]3CCC[C@H](CN4CCCC4)[C@@H]3C2)n1. The highest BCUT2D eigenvalue weighted by atomic mass is 15.2. The van der Waals surface area contributed by atoms with Gasteiger partial charge in [-0.3, -0.25) is 9.88 Å². The van der Waals surface area contributed by atoms with Gasteiger partial charge in [-0.25, -0.2) is 0 Å². The van der Waals surface area contributed by atoms with Crippen LogP contribution < -0.4 is 0 Å². The Bertz CT molecular complexity index is 523. The van der Waals surface area contributed by atoms with Gasteiger partial charge in [-0.1, -0.05) is 12.5 Å². The van der Waals surface area contributed by atoms with E-state index >= 15 is 0 Å². The summed E-state index contributed by atoms with van der Waals surface area (Å²) in [7, 11) is 0. The minimum Gasteiger partial charge on any atom is -0.303 e. The summed E-state index contributed by atoms with van der Waals surface area (Å²) in [5.74, 6) is 2.83. The molecule has 4 rings (SSSR count). The smallest absolute Gasteiger partial charge is 0.0547 e. The van der Waals surface area contributed by atoms with E-state index in [-0.39, 0.29) is 0 Å². The molecule has 23 heavy (non-hydrogen) atoms. The molecule has 1 aromatic heterocycles. The van der Waals surface area contributed by atoms with E-state index in [2.05, 4.69) is 34.9 Å². The first kappa shape index (κ1) is 15.6. The summed E-state index contributed by atoms with van der Waals surface area (Å²) in [5, 5.41) is 0. The zero-order valence-electron chi connectivity index (χ0n) is 14.6. The number of hydrogen-bond donors (Lipinski definition) is 0. The molecule has 3 fully saturated rings. The molecule has 3 nitrogen and oxygen atoms in total. The molecule has 126 valence electrons. The molecule has 1 saturated carbocycles. The second kappa shape index (κ2) is 6.90. The van der Waals surface area contributed by atoms with Crippen LogP contribution in [0.25, 0.3) is 0 Å². The molecule has 2 aliphatic heterocycles. The highest BCUT2D eigenvalue weighted by Crippen LogP contribution is 2.41. The van der Waals surface area contributed by atoms with E-state index < -0.39 is 0 Å². The Morgan fingerprint density at radius 2 is 1.91 bits per heavy atom. The number of fused-ring (bicyclic) bond motifs is 1. The molecule has 3 atom stereocenters. The predicted octanol–water partition coefficient (Wildman–Crippen LogP) is 3.33. The quantitative estimate of drug-likeness (QED) is 0.850. The van der Waals surface area contributed by atoms with Crippen molar-refractivity contribution in [3.63, 3.8) is 0 Å². The highest BCUT2D eigenvalue weighted by molar-refractivity contribution is 5.10. The van der Waals surface area contributed by atoms with Crippen molar-refractivity contribution >= 4 is 0 Å². The Labute approximate surface area is 141 Å². The molecule has 0 radical (unpaired) electrons. The largest absolute Gasteiger partial charge is 0.303 e. The first-order valence-electron chi connectivity index (χ1n) is 9.65. The monoisotopic (exact) mass is 313 g/mol. The highest BCUT2D eigenvalue weighted by Gasteiger charge is 2.40. The van der Waals surface area contributed by atoms with Crippen LogP contribution in [0.1, 0.15) is 43.5 Å². The fraction of sp³-hybridized carbons (Fsp3) is 0.750. The minimum atomic E-state index is 0.939. The van der Waals surface area contributed by atoms with Gasteiger partial charge in [0.1, 0.15) is 0 Å². The average molecular weight is 313 g/mol. The topological polar surface area (TPSA) is 19.4 Å². The molecule has 1 aliphatic carbocycles. The van der Waals surface area contributed by atoms with Gasteiger partial charge in [0.25, 0.3) is 0 Å². The molecule has 0 aromatic carbocycles. The van der Waals surface area contributed by atoms with Crippen molar-refractivity contribution in [2.24, 2.45) is 17.8 Å². The lowest BCUT2D eigenvalue weighted by molar-refractivity contribution is 0.146. The number of nitrogens with zero attached hydrogens (tertiary/aromatic N) is 3. The maximum atomic E-state index is 4.71. The van der Waals surface area contributed by atoms with Gasteiger partial charge in [0.2, 0.25) is 0 Å². The first-order chi connectivity index (χ1) is 11.3. The summed E-state index contributed by atoms with van der Waals surface area (Å²) in [5.41, 5.74) is 2.39. The lowest BCUT2D eigenvalue weighted by atomic mass is 9.73. The van der Waals surface area contributed by atoms with Gasteiger partial charge in [-0.2, -0.15) is 0 Å². The molecular weight excluding hydrogens is 282 g/mol.